The number of alkyl halides is 3. The van der Waals surface area contributed by atoms with Crippen LogP contribution in [0.15, 0.2) is 42.5 Å². The lowest BCUT2D eigenvalue weighted by atomic mass is 10.1. The maximum absolute atomic E-state index is 12.8. The average Bonchev–Trinajstić information content (AvgIpc) is 3.01. The van der Waals surface area contributed by atoms with Gasteiger partial charge in [-0.15, -0.1) is 0 Å². The number of hydrogen-bond acceptors (Lipinski definition) is 3. The van der Waals surface area contributed by atoms with Crippen LogP contribution in [0.2, 0.25) is 15.1 Å². The second-order valence-corrected chi connectivity index (χ2v) is 7.11. The number of amides is 1. The molecule has 0 aliphatic carbocycles. The van der Waals surface area contributed by atoms with E-state index in [0.29, 0.717) is 11.4 Å². The van der Waals surface area contributed by atoms with Crippen LogP contribution in [0.25, 0.3) is 0 Å². The number of benzene rings is 2. The van der Waals surface area contributed by atoms with Gasteiger partial charge in [0.15, 0.2) is 5.69 Å². The fourth-order valence-corrected chi connectivity index (χ4v) is 3.08. The van der Waals surface area contributed by atoms with E-state index in [1.807, 2.05) is 0 Å². The normalized spacial score (nSPS) is 11.4. The molecule has 0 fully saturated rings. The molecule has 1 heterocycles. The summed E-state index contributed by atoms with van der Waals surface area (Å²) in [5.74, 6) is -0.731. The number of para-hydroxylation sites is 1. The van der Waals surface area contributed by atoms with E-state index in [1.54, 1.807) is 18.2 Å². The Bertz CT molecular complexity index is 1060. The highest BCUT2D eigenvalue weighted by Gasteiger charge is 2.34. The summed E-state index contributed by atoms with van der Waals surface area (Å²) < 4.78 is 39.4. The first kappa shape index (κ1) is 21.3. The molecule has 0 saturated carbocycles. The molecule has 1 amide bonds. The number of carbonyl (C=O) groups excluding carboxylic acids is 1. The number of nitrogens with zero attached hydrogens (tertiary/aromatic N) is 2. The number of hydrogen-bond donors (Lipinski definition) is 2. The van der Waals surface area contributed by atoms with E-state index < -0.39 is 17.8 Å². The zero-order chi connectivity index (χ0) is 21.3. The molecule has 11 heteroatoms. The predicted molar refractivity (Wildman–Crippen MR) is 107 cm³/mol. The van der Waals surface area contributed by atoms with Crippen LogP contribution < -0.4 is 10.6 Å². The smallest absolute Gasteiger partial charge is 0.355 e. The van der Waals surface area contributed by atoms with Crippen LogP contribution in [-0.2, 0) is 13.2 Å². The Balaban J connectivity index is 1.87. The van der Waals surface area contributed by atoms with Crippen LogP contribution in [0, 0.1) is 0 Å². The molecule has 0 aliphatic rings. The van der Waals surface area contributed by atoms with Gasteiger partial charge in [0.05, 0.1) is 26.3 Å². The second-order valence-electron chi connectivity index (χ2n) is 5.91. The summed E-state index contributed by atoms with van der Waals surface area (Å²) >= 11 is 18.0. The van der Waals surface area contributed by atoms with Crippen LogP contribution in [0.1, 0.15) is 16.1 Å². The highest BCUT2D eigenvalue weighted by molar-refractivity contribution is 6.48. The molecule has 3 aromatic rings. The maximum Gasteiger partial charge on any atom is 0.435 e. The van der Waals surface area contributed by atoms with Gasteiger partial charge in [0.25, 0.3) is 5.91 Å². The van der Waals surface area contributed by atoms with E-state index in [0.717, 1.165) is 10.7 Å². The largest absolute Gasteiger partial charge is 0.435 e. The van der Waals surface area contributed by atoms with Crippen molar-refractivity contribution >= 4 is 57.9 Å². The average molecular weight is 464 g/mol. The van der Waals surface area contributed by atoms with Crippen molar-refractivity contribution in [1.29, 1.82) is 0 Å². The van der Waals surface area contributed by atoms with Crippen molar-refractivity contribution in [3.8, 4) is 0 Å². The van der Waals surface area contributed by atoms with E-state index in [2.05, 4.69) is 15.7 Å². The van der Waals surface area contributed by atoms with Gasteiger partial charge in [-0.05, 0) is 24.3 Å². The van der Waals surface area contributed by atoms with Crippen molar-refractivity contribution in [1.82, 2.24) is 9.78 Å². The van der Waals surface area contributed by atoms with Crippen LogP contribution in [-0.4, -0.2) is 15.7 Å². The lowest BCUT2D eigenvalue weighted by Gasteiger charge is -2.13. The summed E-state index contributed by atoms with van der Waals surface area (Å²) in [7, 11) is 1.30. The molecule has 0 atom stereocenters. The number of carbonyl (C=O) groups is 1. The minimum atomic E-state index is -4.62. The van der Waals surface area contributed by atoms with Crippen LogP contribution in [0.4, 0.5) is 30.4 Å². The van der Waals surface area contributed by atoms with Crippen molar-refractivity contribution in [2.24, 2.45) is 7.05 Å². The predicted octanol–water partition coefficient (Wildman–Crippen LogP) is 6.40. The van der Waals surface area contributed by atoms with Crippen molar-refractivity contribution in [3.05, 3.63) is 68.8 Å². The van der Waals surface area contributed by atoms with Gasteiger partial charge in [-0.2, -0.15) is 18.3 Å². The highest BCUT2D eigenvalue weighted by atomic mass is 35.5. The van der Waals surface area contributed by atoms with Gasteiger partial charge in [0.1, 0.15) is 5.82 Å². The van der Waals surface area contributed by atoms with Crippen molar-refractivity contribution < 1.29 is 18.0 Å². The molecule has 0 aliphatic heterocycles. The number of nitrogens with one attached hydrogen (secondary N) is 2. The van der Waals surface area contributed by atoms with Gasteiger partial charge < -0.3 is 10.6 Å². The molecule has 5 nitrogen and oxygen atoms in total. The van der Waals surface area contributed by atoms with E-state index in [9.17, 15) is 18.0 Å². The first-order chi connectivity index (χ1) is 13.6. The summed E-state index contributed by atoms with van der Waals surface area (Å²) in [5.41, 5.74) is -0.0566. The number of rotatable bonds is 4. The van der Waals surface area contributed by atoms with Crippen molar-refractivity contribution in [2.45, 2.75) is 6.18 Å². The Morgan fingerprint density at radius 3 is 2.28 bits per heavy atom. The zero-order valence-electron chi connectivity index (χ0n) is 14.6. The molecule has 0 saturated heterocycles. The third-order valence-electron chi connectivity index (χ3n) is 3.85. The molecule has 0 bridgehead atoms. The minimum Gasteiger partial charge on any atom is -0.355 e. The fraction of sp³-hybridized carbons (Fsp3) is 0.111. The molecular weight excluding hydrogens is 452 g/mol. The number of anilines is 3. The number of aromatic nitrogens is 2. The summed E-state index contributed by atoms with van der Waals surface area (Å²) in [6.07, 6.45) is -4.62. The number of halogens is 6. The maximum atomic E-state index is 12.8. The van der Waals surface area contributed by atoms with Crippen LogP contribution in [0.3, 0.4) is 0 Å². The molecule has 0 radical (unpaired) electrons. The first-order valence-electron chi connectivity index (χ1n) is 7.99. The fourth-order valence-electron chi connectivity index (χ4n) is 2.48. The quantitative estimate of drug-likeness (QED) is 0.441. The molecule has 0 unspecified atom stereocenters. The van der Waals surface area contributed by atoms with E-state index >= 15 is 0 Å². The summed E-state index contributed by atoms with van der Waals surface area (Å²) in [6.45, 7) is 0. The molecule has 0 spiro atoms. The van der Waals surface area contributed by atoms with Crippen molar-refractivity contribution in [2.75, 3.05) is 10.6 Å². The number of aryl methyl sites for hydroxylation is 1. The molecule has 29 heavy (non-hydrogen) atoms. The van der Waals surface area contributed by atoms with Crippen LogP contribution >= 0.6 is 34.8 Å². The van der Waals surface area contributed by atoms with Gasteiger partial charge in [0.2, 0.25) is 0 Å². The van der Waals surface area contributed by atoms with E-state index in [-0.39, 0.29) is 26.4 Å². The summed E-state index contributed by atoms with van der Waals surface area (Å²) in [6, 6.07) is 10.2. The second kappa shape index (κ2) is 8.14. The molecular formula is C18H12Cl3F3N4O. The molecule has 3 rings (SSSR count). The zero-order valence-corrected chi connectivity index (χ0v) is 16.9. The van der Waals surface area contributed by atoms with Gasteiger partial charge in [-0.1, -0.05) is 46.9 Å². The van der Waals surface area contributed by atoms with Crippen LogP contribution in [0.5, 0.6) is 0 Å². The van der Waals surface area contributed by atoms with Gasteiger partial charge in [-0.25, -0.2) is 0 Å². The SMILES string of the molecule is Cn1nc(C(F)(F)F)cc1NC(=O)c1ccccc1Nc1cc(Cl)c(Cl)c(Cl)c1. The molecule has 1 aromatic heterocycles. The Morgan fingerprint density at radius 2 is 1.69 bits per heavy atom. The monoisotopic (exact) mass is 462 g/mol. The molecule has 2 N–H and O–H groups in total. The van der Waals surface area contributed by atoms with Gasteiger partial charge in [0, 0.05) is 18.8 Å². The topological polar surface area (TPSA) is 59.0 Å². The molecule has 2 aromatic carbocycles. The third-order valence-corrected chi connectivity index (χ3v) is 5.04. The lowest BCUT2D eigenvalue weighted by Crippen LogP contribution is -2.16. The Labute approximate surface area is 178 Å². The van der Waals surface area contributed by atoms with E-state index in [4.69, 9.17) is 34.8 Å². The summed E-state index contributed by atoms with van der Waals surface area (Å²) in [4.78, 5) is 12.7. The Kier molecular flexibility index (Phi) is 5.97. The Hall–Kier alpha value is -2.42. The standard InChI is InChI=1S/C18H12Cl3F3N4O/c1-28-15(8-14(27-28)18(22,23)24)26-17(29)10-4-2-3-5-13(10)25-9-6-11(19)16(21)12(20)7-9/h2-8,25H,1H3,(H,26,29). The lowest BCUT2D eigenvalue weighted by molar-refractivity contribution is -0.141. The van der Waals surface area contributed by atoms with Gasteiger partial charge >= 0.3 is 6.18 Å². The first-order valence-corrected chi connectivity index (χ1v) is 9.13. The highest BCUT2D eigenvalue weighted by Crippen LogP contribution is 2.35. The molecule has 152 valence electrons. The van der Waals surface area contributed by atoms with Gasteiger partial charge in [-0.3, -0.25) is 9.48 Å². The van der Waals surface area contributed by atoms with E-state index in [1.165, 1.54) is 25.2 Å². The third kappa shape index (κ3) is 4.77. The minimum absolute atomic E-state index is 0.102. The van der Waals surface area contributed by atoms with Crippen molar-refractivity contribution in [3.63, 3.8) is 0 Å². The Morgan fingerprint density at radius 1 is 1.07 bits per heavy atom. The summed E-state index contributed by atoms with van der Waals surface area (Å²) in [5, 5.41) is 9.43.